The summed E-state index contributed by atoms with van der Waals surface area (Å²) in [5, 5.41) is 5.58. The van der Waals surface area contributed by atoms with Gasteiger partial charge in [0.1, 0.15) is 5.76 Å². The van der Waals surface area contributed by atoms with Gasteiger partial charge in [0.05, 0.1) is 23.7 Å². The molecular weight excluding hydrogens is 370 g/mol. The van der Waals surface area contributed by atoms with Crippen LogP contribution in [-0.2, 0) is 0 Å². The third-order valence-electron chi connectivity index (χ3n) is 5.11. The van der Waals surface area contributed by atoms with E-state index in [2.05, 4.69) is 24.3 Å². The van der Waals surface area contributed by atoms with Crippen molar-refractivity contribution in [3.63, 3.8) is 0 Å². The van der Waals surface area contributed by atoms with Crippen LogP contribution >= 0.6 is 11.6 Å². The Hall–Kier alpha value is -3.11. The van der Waals surface area contributed by atoms with Gasteiger partial charge in [-0.3, -0.25) is 0 Å². The lowest BCUT2D eigenvalue weighted by Crippen LogP contribution is -2.21. The molecule has 3 heterocycles. The second kappa shape index (κ2) is 6.80. The number of hydrogen-bond donors (Lipinski definition) is 0. The van der Waals surface area contributed by atoms with Crippen molar-refractivity contribution in [2.45, 2.75) is 19.4 Å². The van der Waals surface area contributed by atoms with Crippen LogP contribution < -0.4 is 0 Å². The average molecular weight is 388 g/mol. The maximum absolute atomic E-state index is 6.09. The second-order valence-electron chi connectivity index (χ2n) is 6.90. The molecule has 0 fully saturated rings. The minimum absolute atomic E-state index is 0.0635. The number of benzene rings is 2. The van der Waals surface area contributed by atoms with Gasteiger partial charge in [-0.05, 0) is 42.3 Å². The third-order valence-corrected chi connectivity index (χ3v) is 5.36. The van der Waals surface area contributed by atoms with Crippen LogP contribution in [0.2, 0.25) is 5.02 Å². The molecular formula is C23H18ClN3O. The van der Waals surface area contributed by atoms with Gasteiger partial charge in [-0.1, -0.05) is 54.1 Å². The summed E-state index contributed by atoms with van der Waals surface area (Å²) >= 11 is 6.09. The van der Waals surface area contributed by atoms with Crippen molar-refractivity contribution in [2.24, 2.45) is 4.99 Å². The number of halogens is 1. The molecule has 0 saturated carbocycles. The topological polar surface area (TPSA) is 43.3 Å². The Bertz CT molecular complexity index is 1140. The predicted octanol–water partition coefficient (Wildman–Crippen LogP) is 6.22. The Balaban J connectivity index is 1.72. The largest absolute Gasteiger partial charge is 0.463 e. The zero-order chi connectivity index (χ0) is 19.1. The lowest BCUT2D eigenvalue weighted by molar-refractivity contribution is 0.513. The van der Waals surface area contributed by atoms with E-state index >= 15 is 0 Å². The quantitative estimate of drug-likeness (QED) is 0.419. The Morgan fingerprint density at radius 1 is 1.00 bits per heavy atom. The molecule has 0 aliphatic carbocycles. The molecule has 0 spiro atoms. The average Bonchev–Trinajstić information content (AvgIpc) is 3.36. The SMILES string of the molecule is Cc1nn2c(c1-c1ccc(Cl)cc1)N=C(c1ccco1)C[C@@H]2c1ccccc1. The highest BCUT2D eigenvalue weighted by molar-refractivity contribution is 6.30. The molecule has 5 heteroatoms. The van der Waals surface area contributed by atoms with Crippen molar-refractivity contribution in [3.8, 4) is 11.1 Å². The molecule has 0 amide bonds. The van der Waals surface area contributed by atoms with Gasteiger partial charge >= 0.3 is 0 Å². The van der Waals surface area contributed by atoms with Crippen molar-refractivity contribution >= 4 is 23.1 Å². The first-order valence-electron chi connectivity index (χ1n) is 9.22. The van der Waals surface area contributed by atoms with Crippen LogP contribution in [0.5, 0.6) is 0 Å². The van der Waals surface area contributed by atoms with Crippen LogP contribution in [0.1, 0.15) is 29.5 Å². The smallest absolute Gasteiger partial charge is 0.159 e. The Labute approximate surface area is 168 Å². The molecule has 4 aromatic rings. The normalized spacial score (nSPS) is 15.9. The first-order chi connectivity index (χ1) is 13.7. The zero-order valence-electron chi connectivity index (χ0n) is 15.3. The van der Waals surface area contributed by atoms with Gasteiger partial charge in [-0.15, -0.1) is 0 Å². The molecule has 4 nitrogen and oxygen atoms in total. The van der Waals surface area contributed by atoms with Crippen LogP contribution in [0.3, 0.4) is 0 Å². The van der Waals surface area contributed by atoms with Crippen LogP contribution in [-0.4, -0.2) is 15.5 Å². The van der Waals surface area contributed by atoms with E-state index in [1.165, 1.54) is 5.56 Å². The number of rotatable bonds is 3. The van der Waals surface area contributed by atoms with Crippen molar-refractivity contribution in [2.75, 3.05) is 0 Å². The molecule has 0 bridgehead atoms. The van der Waals surface area contributed by atoms with Gasteiger partial charge < -0.3 is 4.42 Å². The van der Waals surface area contributed by atoms with Crippen molar-refractivity contribution in [1.82, 2.24) is 9.78 Å². The number of aliphatic imine (C=N–C) groups is 1. The van der Waals surface area contributed by atoms with Gasteiger partial charge in [-0.25, -0.2) is 9.67 Å². The fourth-order valence-corrected chi connectivity index (χ4v) is 3.92. The molecule has 28 heavy (non-hydrogen) atoms. The molecule has 1 aliphatic heterocycles. The number of fused-ring (bicyclic) bond motifs is 1. The Kier molecular flexibility index (Phi) is 4.14. The molecule has 1 aliphatic rings. The van der Waals surface area contributed by atoms with Gasteiger partial charge in [0, 0.05) is 17.0 Å². The van der Waals surface area contributed by atoms with E-state index < -0.39 is 0 Å². The summed E-state index contributed by atoms with van der Waals surface area (Å²) in [6.45, 7) is 2.03. The Morgan fingerprint density at radius 2 is 1.79 bits per heavy atom. The first kappa shape index (κ1) is 17.0. The lowest BCUT2D eigenvalue weighted by atomic mass is 9.97. The summed E-state index contributed by atoms with van der Waals surface area (Å²) in [5.74, 6) is 1.65. The van der Waals surface area contributed by atoms with E-state index in [0.29, 0.717) is 5.02 Å². The van der Waals surface area contributed by atoms with Crippen LogP contribution in [0.15, 0.2) is 82.4 Å². The zero-order valence-corrected chi connectivity index (χ0v) is 16.1. The van der Waals surface area contributed by atoms with E-state index in [1.54, 1.807) is 6.26 Å². The maximum atomic E-state index is 6.09. The fraction of sp³-hybridized carbons (Fsp3) is 0.130. The van der Waals surface area contributed by atoms with Crippen molar-refractivity contribution in [1.29, 1.82) is 0 Å². The summed E-state index contributed by atoms with van der Waals surface area (Å²) < 4.78 is 7.71. The molecule has 2 aromatic heterocycles. The highest BCUT2D eigenvalue weighted by Crippen LogP contribution is 2.41. The minimum Gasteiger partial charge on any atom is -0.463 e. The van der Waals surface area contributed by atoms with Gasteiger partial charge in [0.25, 0.3) is 0 Å². The summed E-state index contributed by atoms with van der Waals surface area (Å²) in [6, 6.07) is 22.2. The number of aryl methyl sites for hydroxylation is 1. The monoisotopic (exact) mass is 387 g/mol. The van der Waals surface area contributed by atoms with Gasteiger partial charge in [-0.2, -0.15) is 5.10 Å². The lowest BCUT2D eigenvalue weighted by Gasteiger charge is -2.24. The highest BCUT2D eigenvalue weighted by Gasteiger charge is 2.30. The van der Waals surface area contributed by atoms with Crippen LogP contribution in [0.25, 0.3) is 11.1 Å². The number of furan rings is 1. The number of aromatic nitrogens is 2. The van der Waals surface area contributed by atoms with Crippen molar-refractivity contribution in [3.05, 3.63) is 95.0 Å². The van der Waals surface area contributed by atoms with Crippen LogP contribution in [0.4, 0.5) is 5.82 Å². The second-order valence-corrected chi connectivity index (χ2v) is 7.34. The Morgan fingerprint density at radius 3 is 2.50 bits per heavy atom. The molecule has 138 valence electrons. The van der Waals surface area contributed by atoms with Gasteiger partial charge in [0.15, 0.2) is 5.82 Å². The van der Waals surface area contributed by atoms with E-state index in [4.69, 9.17) is 26.1 Å². The molecule has 2 aromatic carbocycles. The summed E-state index contributed by atoms with van der Waals surface area (Å²) in [7, 11) is 0. The van der Waals surface area contributed by atoms with Crippen LogP contribution in [0, 0.1) is 6.92 Å². The third kappa shape index (κ3) is 2.86. The molecule has 0 radical (unpaired) electrons. The molecule has 1 atom stereocenters. The van der Waals surface area contributed by atoms with E-state index in [1.807, 2.05) is 54.1 Å². The molecule has 5 rings (SSSR count). The molecule has 0 unspecified atom stereocenters. The number of nitrogens with zero attached hydrogens (tertiary/aromatic N) is 3. The predicted molar refractivity (Wildman–Crippen MR) is 112 cm³/mol. The van der Waals surface area contributed by atoms with E-state index in [9.17, 15) is 0 Å². The summed E-state index contributed by atoms with van der Waals surface area (Å²) in [5.41, 5.74) is 5.16. The van der Waals surface area contributed by atoms with Gasteiger partial charge in [0.2, 0.25) is 0 Å². The minimum atomic E-state index is 0.0635. The molecule has 0 saturated heterocycles. The fourth-order valence-electron chi connectivity index (χ4n) is 3.79. The summed E-state index contributed by atoms with van der Waals surface area (Å²) in [6.07, 6.45) is 2.42. The van der Waals surface area contributed by atoms with Crippen molar-refractivity contribution < 1.29 is 4.42 Å². The first-order valence-corrected chi connectivity index (χ1v) is 9.60. The highest BCUT2D eigenvalue weighted by atomic mass is 35.5. The molecule has 0 N–H and O–H groups in total. The number of hydrogen-bond acceptors (Lipinski definition) is 3. The maximum Gasteiger partial charge on any atom is 0.159 e. The standard InChI is InChI=1S/C23H18ClN3O/c1-15-22(17-9-11-18(24)12-10-17)23-25-19(21-8-5-13-28-21)14-20(27(23)26-15)16-6-3-2-4-7-16/h2-13,20H,14H2,1H3/t20-/m1/s1. The van der Waals surface area contributed by atoms with E-state index in [-0.39, 0.29) is 6.04 Å². The van der Waals surface area contributed by atoms with E-state index in [0.717, 1.165) is 40.5 Å². The summed E-state index contributed by atoms with van der Waals surface area (Å²) in [4.78, 5) is 4.97.